The Balaban J connectivity index is 0.000000507. The van der Waals surface area contributed by atoms with E-state index < -0.39 is 11.9 Å². The van der Waals surface area contributed by atoms with Gasteiger partial charge in [0, 0.05) is 73.6 Å². The number of hydrogen-bond donors (Lipinski definition) is 2. The first kappa shape index (κ1) is 30.9. The molecule has 0 atom stereocenters. The quantitative estimate of drug-likeness (QED) is 0.294. The molecule has 41 heavy (non-hydrogen) atoms. The average Bonchev–Trinajstić information content (AvgIpc) is 3.26. The maximum Gasteiger partial charge on any atom is 0.409 e. The Morgan fingerprint density at radius 2 is 1.49 bits per heavy atom. The van der Waals surface area contributed by atoms with Crippen molar-refractivity contribution < 1.29 is 38.9 Å². The summed E-state index contributed by atoms with van der Waals surface area (Å²) in [6.07, 6.45) is 0.885. The van der Waals surface area contributed by atoms with Crippen molar-refractivity contribution in [1.29, 1.82) is 0 Å². The lowest BCUT2D eigenvalue weighted by atomic mass is 10.0. The number of rotatable bonds is 9. The van der Waals surface area contributed by atoms with Gasteiger partial charge in [-0.1, -0.05) is 18.2 Å². The Morgan fingerprint density at radius 3 is 2.05 bits per heavy atom. The summed E-state index contributed by atoms with van der Waals surface area (Å²) in [4.78, 5) is 48.6. The second-order valence-corrected chi connectivity index (χ2v) is 9.22. The van der Waals surface area contributed by atoms with Gasteiger partial charge in [-0.3, -0.25) is 9.69 Å². The van der Waals surface area contributed by atoms with Crippen LogP contribution in [0, 0.1) is 6.92 Å². The Bertz CT molecular complexity index is 1390. The highest BCUT2D eigenvalue weighted by Crippen LogP contribution is 2.28. The molecule has 1 amide bonds. The summed E-state index contributed by atoms with van der Waals surface area (Å²) in [5, 5.41) is 16.6. The summed E-state index contributed by atoms with van der Waals surface area (Å²) >= 11 is 0. The van der Waals surface area contributed by atoms with Crippen molar-refractivity contribution in [3.05, 3.63) is 77.5 Å². The zero-order chi connectivity index (χ0) is 29.9. The second kappa shape index (κ2) is 14.7. The van der Waals surface area contributed by atoms with Gasteiger partial charge in [0.05, 0.1) is 19.3 Å². The van der Waals surface area contributed by atoms with Gasteiger partial charge >= 0.3 is 18.0 Å². The molecule has 2 aromatic carbocycles. The maximum absolute atomic E-state index is 13.4. The molecule has 0 radical (unpaired) electrons. The number of carbonyl (C=O) groups is 4. The molecule has 0 unspecified atom stereocenters. The minimum atomic E-state index is -1.26. The van der Waals surface area contributed by atoms with Crippen molar-refractivity contribution in [3.8, 4) is 5.75 Å². The van der Waals surface area contributed by atoms with Crippen LogP contribution in [0.4, 0.5) is 4.79 Å². The molecule has 218 valence electrons. The molecule has 2 heterocycles. The Hall–Kier alpha value is -4.64. The summed E-state index contributed by atoms with van der Waals surface area (Å²) in [6.45, 7) is 8.85. The molecule has 3 aromatic rings. The monoisotopic (exact) mass is 565 g/mol. The van der Waals surface area contributed by atoms with Gasteiger partial charge in [0.25, 0.3) is 0 Å². The van der Waals surface area contributed by atoms with Crippen LogP contribution >= 0.6 is 0 Å². The van der Waals surface area contributed by atoms with Gasteiger partial charge < -0.3 is 29.2 Å². The molecule has 1 saturated heterocycles. The SMILES string of the molecule is CCOC(=O)N1CCN(CCn2c(C)c(C(=O)c3ccc(OC)cc3)c3ccccc32)CC1.O=C(O)/C=C\C(=O)O. The van der Waals surface area contributed by atoms with E-state index in [2.05, 4.69) is 15.5 Å². The molecule has 0 saturated carbocycles. The van der Waals surface area contributed by atoms with Crippen molar-refractivity contribution >= 4 is 34.7 Å². The van der Waals surface area contributed by atoms with Crippen molar-refractivity contribution in [2.45, 2.75) is 20.4 Å². The third kappa shape index (κ3) is 8.18. The molecular formula is C30H35N3O8. The highest BCUT2D eigenvalue weighted by molar-refractivity contribution is 6.17. The van der Waals surface area contributed by atoms with Gasteiger partial charge in [-0.05, 0) is 44.2 Å². The number of aliphatic carboxylic acids is 2. The third-order valence-corrected chi connectivity index (χ3v) is 6.72. The van der Waals surface area contributed by atoms with E-state index in [1.54, 1.807) is 12.0 Å². The van der Waals surface area contributed by atoms with Crippen molar-refractivity contribution in [2.75, 3.05) is 46.4 Å². The van der Waals surface area contributed by atoms with Gasteiger partial charge in [0.1, 0.15) is 5.75 Å². The predicted octanol–water partition coefficient (Wildman–Crippen LogP) is 3.68. The van der Waals surface area contributed by atoms with E-state index in [1.165, 1.54) is 0 Å². The maximum atomic E-state index is 13.4. The van der Waals surface area contributed by atoms with Gasteiger partial charge in [0.2, 0.25) is 0 Å². The lowest BCUT2D eigenvalue weighted by Crippen LogP contribution is -2.49. The zero-order valence-electron chi connectivity index (χ0n) is 23.4. The zero-order valence-corrected chi connectivity index (χ0v) is 23.4. The number of methoxy groups -OCH3 is 1. The van der Waals surface area contributed by atoms with Crippen molar-refractivity contribution in [3.63, 3.8) is 0 Å². The largest absolute Gasteiger partial charge is 0.497 e. The highest BCUT2D eigenvalue weighted by atomic mass is 16.6. The topological polar surface area (TPSA) is 139 Å². The first-order chi connectivity index (χ1) is 19.7. The molecule has 4 rings (SSSR count). The molecule has 1 aliphatic heterocycles. The lowest BCUT2D eigenvalue weighted by molar-refractivity contribution is -0.134. The van der Waals surface area contributed by atoms with Crippen LogP contribution in [0.5, 0.6) is 5.75 Å². The van der Waals surface area contributed by atoms with Gasteiger partial charge in [-0.25, -0.2) is 14.4 Å². The molecule has 0 aliphatic carbocycles. The number of carbonyl (C=O) groups excluding carboxylic acids is 2. The van der Waals surface area contributed by atoms with E-state index in [-0.39, 0.29) is 11.9 Å². The van der Waals surface area contributed by atoms with Crippen LogP contribution in [0.3, 0.4) is 0 Å². The number of ketones is 1. The van der Waals surface area contributed by atoms with Crippen LogP contribution in [0.2, 0.25) is 0 Å². The summed E-state index contributed by atoms with van der Waals surface area (Å²) in [6, 6.07) is 15.4. The van der Waals surface area contributed by atoms with E-state index in [1.807, 2.05) is 56.3 Å². The third-order valence-electron chi connectivity index (χ3n) is 6.72. The fourth-order valence-corrected chi connectivity index (χ4v) is 4.65. The molecule has 2 N–H and O–H groups in total. The first-order valence-electron chi connectivity index (χ1n) is 13.2. The number of amides is 1. The van der Waals surface area contributed by atoms with E-state index in [4.69, 9.17) is 19.7 Å². The molecular weight excluding hydrogens is 530 g/mol. The number of fused-ring (bicyclic) bond motifs is 1. The Morgan fingerprint density at radius 1 is 0.878 bits per heavy atom. The van der Waals surface area contributed by atoms with Crippen LogP contribution in [-0.2, 0) is 20.9 Å². The van der Waals surface area contributed by atoms with E-state index in [0.717, 1.165) is 54.1 Å². The lowest BCUT2D eigenvalue weighted by Gasteiger charge is -2.34. The molecule has 11 nitrogen and oxygen atoms in total. The molecule has 1 aliphatic rings. The van der Waals surface area contributed by atoms with Crippen molar-refractivity contribution in [2.24, 2.45) is 0 Å². The molecule has 1 aromatic heterocycles. The minimum absolute atomic E-state index is 0.0214. The summed E-state index contributed by atoms with van der Waals surface area (Å²) < 4.78 is 12.6. The fourth-order valence-electron chi connectivity index (χ4n) is 4.65. The number of carboxylic acid groups (broad SMARTS) is 2. The van der Waals surface area contributed by atoms with Gasteiger partial charge in [0.15, 0.2) is 5.78 Å². The molecule has 0 spiro atoms. The summed E-state index contributed by atoms with van der Waals surface area (Å²) in [7, 11) is 1.62. The predicted molar refractivity (Wildman–Crippen MR) is 153 cm³/mol. The Labute approximate surface area is 238 Å². The standard InChI is InChI=1S/C26H31N3O4.C4H4O4/c1-4-33-26(31)28-16-13-27(14-17-28)15-18-29-19(2)24(22-7-5-6-8-23(22)29)25(30)20-9-11-21(32-3)12-10-20;5-3(6)1-2-4(7)8/h5-12H,4,13-18H2,1-3H3;1-2H,(H,5,6)(H,7,8)/b;2-1-. The number of benzene rings is 2. The first-order valence-corrected chi connectivity index (χ1v) is 13.2. The van der Waals surface area contributed by atoms with E-state index in [0.29, 0.717) is 37.4 Å². The number of ether oxygens (including phenoxy) is 2. The number of aromatic nitrogens is 1. The summed E-state index contributed by atoms with van der Waals surface area (Å²) in [5.74, 6) is -1.76. The number of carboxylic acids is 2. The van der Waals surface area contributed by atoms with Crippen LogP contribution in [-0.4, -0.2) is 94.8 Å². The minimum Gasteiger partial charge on any atom is -0.497 e. The van der Waals surface area contributed by atoms with Gasteiger partial charge in [-0.2, -0.15) is 0 Å². The van der Waals surface area contributed by atoms with Crippen molar-refractivity contribution in [1.82, 2.24) is 14.4 Å². The number of hydrogen-bond acceptors (Lipinski definition) is 7. The van der Waals surface area contributed by atoms with Crippen LogP contribution in [0.1, 0.15) is 28.5 Å². The fraction of sp³-hybridized carbons (Fsp3) is 0.333. The molecule has 1 fully saturated rings. The Kier molecular flexibility index (Phi) is 11.0. The average molecular weight is 566 g/mol. The number of nitrogens with zero attached hydrogens (tertiary/aromatic N) is 3. The van der Waals surface area contributed by atoms with Crippen LogP contribution < -0.4 is 4.74 Å². The highest BCUT2D eigenvalue weighted by Gasteiger charge is 2.24. The van der Waals surface area contributed by atoms with Crippen LogP contribution in [0.25, 0.3) is 10.9 Å². The van der Waals surface area contributed by atoms with Gasteiger partial charge in [-0.15, -0.1) is 0 Å². The molecule has 11 heteroatoms. The smallest absolute Gasteiger partial charge is 0.409 e. The number of piperazine rings is 1. The van der Waals surface area contributed by atoms with E-state index >= 15 is 0 Å². The second-order valence-electron chi connectivity index (χ2n) is 9.22. The van der Waals surface area contributed by atoms with E-state index in [9.17, 15) is 19.2 Å². The summed E-state index contributed by atoms with van der Waals surface area (Å²) in [5.41, 5.74) is 3.44. The number of para-hydroxylation sites is 1. The van der Waals surface area contributed by atoms with Crippen LogP contribution in [0.15, 0.2) is 60.7 Å². The normalized spacial score (nSPS) is 13.5. The molecule has 0 bridgehead atoms.